The molecular formula is C36H38N4O6. The van der Waals surface area contributed by atoms with E-state index in [9.17, 15) is 9.59 Å². The van der Waals surface area contributed by atoms with Crippen LogP contribution in [0.5, 0.6) is 23.0 Å². The van der Waals surface area contributed by atoms with Gasteiger partial charge in [0.15, 0.2) is 11.5 Å². The molecule has 1 unspecified atom stereocenters. The number of hydrogen-bond acceptors (Lipinski definition) is 8. The second kappa shape index (κ2) is 14.7. The molecule has 1 amide bonds. The minimum Gasteiger partial charge on any atom is -0.493 e. The van der Waals surface area contributed by atoms with E-state index in [1.807, 2.05) is 42.0 Å². The average Bonchev–Trinajstić information content (AvgIpc) is 3.08. The zero-order valence-electron chi connectivity index (χ0n) is 26.7. The minimum atomic E-state index is -0.542. The fourth-order valence-electron chi connectivity index (χ4n) is 5.21. The van der Waals surface area contributed by atoms with Gasteiger partial charge in [0.05, 0.1) is 25.9 Å². The second-order valence-corrected chi connectivity index (χ2v) is 11.0. The Hall–Kier alpha value is -5.22. The largest absolute Gasteiger partial charge is 0.493 e. The van der Waals surface area contributed by atoms with Gasteiger partial charge in [0.2, 0.25) is 5.43 Å². The van der Waals surface area contributed by atoms with Crippen molar-refractivity contribution in [3.63, 3.8) is 0 Å². The van der Waals surface area contributed by atoms with Crippen molar-refractivity contribution in [3.8, 4) is 34.1 Å². The van der Waals surface area contributed by atoms with E-state index in [-0.39, 0.29) is 16.8 Å². The van der Waals surface area contributed by atoms with E-state index in [0.29, 0.717) is 53.1 Å². The van der Waals surface area contributed by atoms with Crippen molar-refractivity contribution in [2.75, 3.05) is 33.3 Å². The Kier molecular flexibility index (Phi) is 10.3. The number of carbonyl (C=O) groups is 1. The first-order valence-corrected chi connectivity index (χ1v) is 15.1. The zero-order valence-corrected chi connectivity index (χ0v) is 26.7. The number of aromatic nitrogens is 3. The number of fused-ring (bicyclic) bond motifs is 1. The monoisotopic (exact) mass is 622 g/mol. The van der Waals surface area contributed by atoms with Crippen LogP contribution >= 0.6 is 0 Å². The number of aryl methyl sites for hydroxylation is 1. The van der Waals surface area contributed by atoms with E-state index < -0.39 is 5.91 Å². The first kappa shape index (κ1) is 32.2. The molecule has 0 aliphatic rings. The minimum absolute atomic E-state index is 0.0365. The summed E-state index contributed by atoms with van der Waals surface area (Å²) in [6.45, 7) is 5.40. The number of hydrogen-bond donors (Lipinski definition) is 1. The maximum absolute atomic E-state index is 13.7. The number of ether oxygens (including phenoxy) is 4. The summed E-state index contributed by atoms with van der Waals surface area (Å²) >= 11 is 0. The zero-order chi connectivity index (χ0) is 32.6. The maximum atomic E-state index is 13.7. The standard InChI is InChI=1S/C36H38N4O6/c1-6-24(14-16-43-3)20-40-21-28(25-9-7-23(2)8-10-25)35(41)29(22-40)36(42)39-34-12-11-26(19-38-34)46-31-13-15-37-30-18-33(45-5)32(44-4)17-27(30)31/h7-13,15,17-19,21-22,24H,6,14,16,20H2,1-5H3,(H,38,39,42). The van der Waals surface area contributed by atoms with Gasteiger partial charge < -0.3 is 28.8 Å². The molecule has 0 spiro atoms. The molecular weight excluding hydrogens is 584 g/mol. The van der Waals surface area contributed by atoms with Gasteiger partial charge in [0.1, 0.15) is 22.9 Å². The van der Waals surface area contributed by atoms with Gasteiger partial charge in [-0.2, -0.15) is 0 Å². The molecule has 3 heterocycles. The molecule has 5 rings (SSSR count). The number of carbonyl (C=O) groups excluding carboxylic acids is 1. The molecule has 0 saturated carbocycles. The Morgan fingerprint density at radius 3 is 2.37 bits per heavy atom. The van der Waals surface area contributed by atoms with Gasteiger partial charge in [0, 0.05) is 55.9 Å². The molecule has 0 saturated heterocycles. The van der Waals surface area contributed by atoms with Crippen LogP contribution in [-0.4, -0.2) is 48.4 Å². The van der Waals surface area contributed by atoms with Crippen molar-refractivity contribution in [1.29, 1.82) is 0 Å². The highest BCUT2D eigenvalue weighted by atomic mass is 16.5. The average molecular weight is 623 g/mol. The van der Waals surface area contributed by atoms with Crippen LogP contribution < -0.4 is 25.0 Å². The number of nitrogens with zero attached hydrogens (tertiary/aromatic N) is 3. The van der Waals surface area contributed by atoms with E-state index in [0.717, 1.165) is 29.4 Å². The van der Waals surface area contributed by atoms with Gasteiger partial charge in [-0.25, -0.2) is 4.98 Å². The van der Waals surface area contributed by atoms with Crippen LogP contribution in [0.25, 0.3) is 22.0 Å². The Balaban J connectivity index is 1.39. The lowest BCUT2D eigenvalue weighted by Crippen LogP contribution is -2.26. The van der Waals surface area contributed by atoms with Gasteiger partial charge in [0.25, 0.3) is 5.91 Å². The molecule has 0 radical (unpaired) electrons. The summed E-state index contributed by atoms with van der Waals surface area (Å²) in [6.07, 6.45) is 8.41. The summed E-state index contributed by atoms with van der Waals surface area (Å²) in [4.78, 5) is 36.0. The summed E-state index contributed by atoms with van der Waals surface area (Å²) in [7, 11) is 4.82. The van der Waals surface area contributed by atoms with E-state index in [2.05, 4.69) is 22.2 Å². The summed E-state index contributed by atoms with van der Waals surface area (Å²) in [5, 5.41) is 3.52. The molecule has 0 aliphatic heterocycles. The topological polar surface area (TPSA) is 114 Å². The third-order valence-corrected chi connectivity index (χ3v) is 7.88. The van der Waals surface area contributed by atoms with Crippen molar-refractivity contribution in [3.05, 3.63) is 101 Å². The molecule has 10 heteroatoms. The SMILES string of the molecule is CCC(CCOC)Cn1cc(C(=O)Nc2ccc(Oc3ccnc4cc(OC)c(OC)cc34)cn2)c(=O)c(-c2ccc(C)cc2)c1. The second-order valence-electron chi connectivity index (χ2n) is 11.0. The van der Waals surface area contributed by atoms with Crippen molar-refractivity contribution < 1.29 is 23.7 Å². The number of methoxy groups -OCH3 is 3. The van der Waals surface area contributed by atoms with Crippen LogP contribution in [0.2, 0.25) is 0 Å². The number of nitrogens with one attached hydrogen (secondary N) is 1. The molecule has 1 N–H and O–H groups in total. The highest BCUT2D eigenvalue weighted by molar-refractivity contribution is 6.04. The van der Waals surface area contributed by atoms with Crippen LogP contribution in [0.15, 0.2) is 84.2 Å². The van der Waals surface area contributed by atoms with E-state index >= 15 is 0 Å². The van der Waals surface area contributed by atoms with Gasteiger partial charge >= 0.3 is 0 Å². The summed E-state index contributed by atoms with van der Waals surface area (Å²) in [5.74, 6) is 2.17. The van der Waals surface area contributed by atoms with Crippen LogP contribution in [0, 0.1) is 12.8 Å². The summed E-state index contributed by atoms with van der Waals surface area (Å²) < 4.78 is 24.2. The molecule has 1 atom stereocenters. The number of benzene rings is 2. The molecule has 10 nitrogen and oxygen atoms in total. The Morgan fingerprint density at radius 1 is 0.935 bits per heavy atom. The number of amides is 1. The summed E-state index contributed by atoms with van der Waals surface area (Å²) in [6, 6.07) is 16.4. The van der Waals surface area contributed by atoms with Crippen LogP contribution in [0.3, 0.4) is 0 Å². The smallest absolute Gasteiger partial charge is 0.262 e. The lowest BCUT2D eigenvalue weighted by atomic mass is 10.0. The number of anilines is 1. The van der Waals surface area contributed by atoms with Crippen LogP contribution in [-0.2, 0) is 11.3 Å². The maximum Gasteiger partial charge on any atom is 0.262 e. The highest BCUT2D eigenvalue weighted by Crippen LogP contribution is 2.36. The predicted octanol–water partition coefficient (Wildman–Crippen LogP) is 6.89. The molecule has 2 aromatic carbocycles. The first-order chi connectivity index (χ1) is 22.3. The normalized spacial score (nSPS) is 11.7. The third kappa shape index (κ3) is 7.35. The van der Waals surface area contributed by atoms with Crippen molar-refractivity contribution in [1.82, 2.24) is 14.5 Å². The molecule has 5 aromatic rings. The molecule has 3 aromatic heterocycles. The lowest BCUT2D eigenvalue weighted by Gasteiger charge is -2.18. The van der Waals surface area contributed by atoms with Gasteiger partial charge in [-0.15, -0.1) is 0 Å². The van der Waals surface area contributed by atoms with Crippen LogP contribution in [0.1, 0.15) is 35.7 Å². The fraction of sp³-hybridized carbons (Fsp3) is 0.278. The molecule has 0 aliphatic carbocycles. The van der Waals surface area contributed by atoms with Gasteiger partial charge in [-0.1, -0.05) is 43.2 Å². The Labute approximate surface area is 267 Å². The molecule has 238 valence electrons. The predicted molar refractivity (Wildman–Crippen MR) is 178 cm³/mol. The van der Waals surface area contributed by atoms with Crippen molar-refractivity contribution >= 4 is 22.6 Å². The van der Waals surface area contributed by atoms with Crippen molar-refractivity contribution in [2.45, 2.75) is 33.2 Å². The molecule has 46 heavy (non-hydrogen) atoms. The van der Waals surface area contributed by atoms with Crippen LogP contribution in [0.4, 0.5) is 5.82 Å². The number of pyridine rings is 3. The lowest BCUT2D eigenvalue weighted by molar-refractivity contribution is 0.102. The Bertz CT molecular complexity index is 1870. The van der Waals surface area contributed by atoms with E-state index in [1.54, 1.807) is 64.1 Å². The first-order valence-electron chi connectivity index (χ1n) is 15.1. The number of rotatable bonds is 13. The fourth-order valence-corrected chi connectivity index (χ4v) is 5.21. The van der Waals surface area contributed by atoms with Gasteiger partial charge in [-0.05, 0) is 49.1 Å². The quantitative estimate of drug-likeness (QED) is 0.151. The van der Waals surface area contributed by atoms with Gasteiger partial charge in [-0.3, -0.25) is 14.6 Å². The summed E-state index contributed by atoms with van der Waals surface area (Å²) in [5.41, 5.74) is 2.66. The highest BCUT2D eigenvalue weighted by Gasteiger charge is 2.19. The van der Waals surface area contributed by atoms with E-state index in [4.69, 9.17) is 18.9 Å². The Morgan fingerprint density at radius 2 is 1.70 bits per heavy atom. The third-order valence-electron chi connectivity index (χ3n) is 7.88. The van der Waals surface area contributed by atoms with Crippen molar-refractivity contribution in [2.24, 2.45) is 5.92 Å². The molecule has 0 fully saturated rings. The molecule has 0 bridgehead atoms. The van der Waals surface area contributed by atoms with E-state index in [1.165, 1.54) is 6.20 Å².